The van der Waals surface area contributed by atoms with Gasteiger partial charge in [0.25, 0.3) is 5.91 Å². The van der Waals surface area contributed by atoms with Crippen molar-refractivity contribution >= 4 is 23.2 Å². The van der Waals surface area contributed by atoms with E-state index in [9.17, 15) is 4.79 Å². The lowest BCUT2D eigenvalue weighted by molar-refractivity contribution is -0.0771. The second kappa shape index (κ2) is 8.01. The van der Waals surface area contributed by atoms with E-state index in [1.54, 1.807) is 23.7 Å². The van der Waals surface area contributed by atoms with Crippen LogP contribution in [0.25, 0.3) is 0 Å². The third-order valence-corrected chi connectivity index (χ3v) is 7.56. The van der Waals surface area contributed by atoms with Crippen LogP contribution in [0.5, 0.6) is 0 Å². The van der Waals surface area contributed by atoms with Gasteiger partial charge in [-0.3, -0.25) is 4.79 Å². The van der Waals surface area contributed by atoms with Gasteiger partial charge in [0.2, 0.25) is 5.95 Å². The highest BCUT2D eigenvalue weighted by molar-refractivity contribution is 7.14. The molecule has 8 heteroatoms. The fourth-order valence-electron chi connectivity index (χ4n) is 4.66. The zero-order chi connectivity index (χ0) is 19.7. The third-order valence-electron chi connectivity index (χ3n) is 6.21. The van der Waals surface area contributed by atoms with Gasteiger partial charge in [-0.05, 0) is 56.5 Å². The fraction of sp³-hybridized carbons (Fsp3) is 0.571. The summed E-state index contributed by atoms with van der Waals surface area (Å²) in [7, 11) is 0. The number of hydrogen-bond acceptors (Lipinski definition) is 7. The van der Waals surface area contributed by atoms with Gasteiger partial charge in [-0.25, -0.2) is 9.97 Å². The number of piperidine rings is 1. The molecule has 1 amide bonds. The Morgan fingerprint density at radius 1 is 1.14 bits per heavy atom. The fourth-order valence-corrected chi connectivity index (χ4v) is 6.04. The third kappa shape index (κ3) is 3.65. The predicted molar refractivity (Wildman–Crippen MR) is 113 cm³/mol. The summed E-state index contributed by atoms with van der Waals surface area (Å²) < 4.78 is 6.28. The van der Waals surface area contributed by atoms with Gasteiger partial charge in [0.1, 0.15) is 5.60 Å². The van der Waals surface area contributed by atoms with E-state index in [-0.39, 0.29) is 11.5 Å². The number of amides is 1. The van der Waals surface area contributed by atoms with Crippen LogP contribution in [-0.4, -0.2) is 66.7 Å². The first-order chi connectivity index (χ1) is 14.3. The van der Waals surface area contributed by atoms with E-state index in [0.29, 0.717) is 6.54 Å². The zero-order valence-electron chi connectivity index (χ0n) is 16.6. The standard InChI is InChI=1S/C21H27N5O2S/c27-19(25-10-2-11-26(13-12-25)20-23-6-1-7-24-20)17-15-16-3-14-28-21(18(16)29-17)4-8-22-9-5-21/h1,6-7,15,22H,2-5,8-14H2. The Kier molecular flexibility index (Phi) is 5.24. The summed E-state index contributed by atoms with van der Waals surface area (Å²) in [5.41, 5.74) is 1.14. The van der Waals surface area contributed by atoms with Gasteiger partial charge >= 0.3 is 0 Å². The largest absolute Gasteiger partial charge is 0.369 e. The number of ether oxygens (including phenoxy) is 1. The Balaban J connectivity index is 1.32. The number of carbonyl (C=O) groups is 1. The average Bonchev–Trinajstić information content (AvgIpc) is 3.07. The number of nitrogens with zero attached hydrogens (tertiary/aromatic N) is 4. The molecule has 5 rings (SSSR count). The van der Waals surface area contributed by atoms with E-state index in [1.165, 1.54) is 10.4 Å². The van der Waals surface area contributed by atoms with E-state index < -0.39 is 0 Å². The number of rotatable bonds is 2. The second-order valence-electron chi connectivity index (χ2n) is 7.99. The second-order valence-corrected chi connectivity index (χ2v) is 9.04. The van der Waals surface area contributed by atoms with Crippen LogP contribution in [0.1, 0.15) is 39.4 Å². The van der Waals surface area contributed by atoms with Crippen LogP contribution in [0.4, 0.5) is 5.95 Å². The lowest BCUT2D eigenvalue weighted by atomic mass is 9.86. The Morgan fingerprint density at radius 2 is 1.97 bits per heavy atom. The van der Waals surface area contributed by atoms with Gasteiger partial charge in [0, 0.05) is 43.4 Å². The number of thiophene rings is 1. The van der Waals surface area contributed by atoms with Crippen LogP contribution >= 0.6 is 11.3 Å². The molecule has 7 nitrogen and oxygen atoms in total. The van der Waals surface area contributed by atoms with Crippen LogP contribution < -0.4 is 10.2 Å². The number of fused-ring (bicyclic) bond motifs is 2. The summed E-state index contributed by atoms with van der Waals surface area (Å²) in [5, 5.41) is 3.43. The summed E-state index contributed by atoms with van der Waals surface area (Å²) in [6.07, 6.45) is 7.35. The van der Waals surface area contributed by atoms with Gasteiger partial charge < -0.3 is 19.9 Å². The Bertz CT molecular complexity index is 865. The highest BCUT2D eigenvalue weighted by Gasteiger charge is 2.41. The number of hydrogen-bond donors (Lipinski definition) is 1. The maximum absolute atomic E-state index is 13.3. The van der Waals surface area contributed by atoms with Gasteiger partial charge in [-0.15, -0.1) is 11.3 Å². The van der Waals surface area contributed by atoms with Crippen molar-refractivity contribution in [3.63, 3.8) is 0 Å². The lowest BCUT2D eigenvalue weighted by Gasteiger charge is -2.40. The molecule has 0 bridgehead atoms. The summed E-state index contributed by atoms with van der Waals surface area (Å²) >= 11 is 1.66. The molecule has 29 heavy (non-hydrogen) atoms. The van der Waals surface area contributed by atoms with Crippen molar-refractivity contribution in [2.75, 3.05) is 50.8 Å². The first-order valence-corrected chi connectivity index (χ1v) is 11.4. The van der Waals surface area contributed by atoms with Crippen LogP contribution in [0, 0.1) is 0 Å². The maximum Gasteiger partial charge on any atom is 0.264 e. The quantitative estimate of drug-likeness (QED) is 0.813. The average molecular weight is 414 g/mol. The van der Waals surface area contributed by atoms with E-state index in [1.807, 2.05) is 11.0 Å². The molecule has 2 aromatic heterocycles. The van der Waals surface area contributed by atoms with E-state index >= 15 is 0 Å². The molecule has 0 atom stereocenters. The Labute approximate surface area is 175 Å². The first-order valence-electron chi connectivity index (χ1n) is 10.5. The smallest absolute Gasteiger partial charge is 0.264 e. The molecule has 0 aliphatic carbocycles. The van der Waals surface area contributed by atoms with Crippen molar-refractivity contribution in [1.29, 1.82) is 0 Å². The van der Waals surface area contributed by atoms with Gasteiger partial charge in [-0.1, -0.05) is 0 Å². The summed E-state index contributed by atoms with van der Waals surface area (Å²) in [6, 6.07) is 3.96. The molecule has 1 N–H and O–H groups in total. The van der Waals surface area contributed by atoms with Gasteiger partial charge in [0.05, 0.1) is 11.5 Å². The summed E-state index contributed by atoms with van der Waals surface area (Å²) in [4.78, 5) is 28.4. The van der Waals surface area contributed by atoms with Crippen molar-refractivity contribution < 1.29 is 9.53 Å². The molecule has 3 aliphatic heterocycles. The summed E-state index contributed by atoms with van der Waals surface area (Å²) in [6.45, 7) is 5.82. The minimum atomic E-state index is -0.178. The minimum absolute atomic E-state index is 0.157. The molecule has 3 aliphatic rings. The molecule has 0 saturated carbocycles. The zero-order valence-corrected chi connectivity index (χ0v) is 17.4. The van der Waals surface area contributed by atoms with E-state index in [2.05, 4.69) is 26.3 Å². The number of aromatic nitrogens is 2. The Morgan fingerprint density at radius 3 is 2.79 bits per heavy atom. The van der Waals surface area contributed by atoms with Crippen molar-refractivity contribution in [1.82, 2.24) is 20.2 Å². The van der Waals surface area contributed by atoms with Crippen LogP contribution in [0.2, 0.25) is 0 Å². The highest BCUT2D eigenvalue weighted by atomic mass is 32.1. The van der Waals surface area contributed by atoms with Crippen molar-refractivity contribution in [2.24, 2.45) is 0 Å². The van der Waals surface area contributed by atoms with Gasteiger partial charge in [0.15, 0.2) is 0 Å². The SMILES string of the molecule is O=C(c1cc2c(s1)C1(CCNCC1)OCC2)N1CCCN(c2ncccn2)CC1. The normalized spacial score (nSPS) is 21.7. The molecule has 2 saturated heterocycles. The first kappa shape index (κ1) is 19.0. The molecular formula is C21H27N5O2S. The topological polar surface area (TPSA) is 70.6 Å². The van der Waals surface area contributed by atoms with Crippen LogP contribution in [-0.2, 0) is 16.8 Å². The molecule has 0 radical (unpaired) electrons. The van der Waals surface area contributed by atoms with Crippen LogP contribution in [0.15, 0.2) is 24.5 Å². The Hall–Kier alpha value is -2.03. The minimum Gasteiger partial charge on any atom is -0.369 e. The lowest BCUT2D eigenvalue weighted by Crippen LogP contribution is -2.44. The predicted octanol–water partition coefficient (Wildman–Crippen LogP) is 2.04. The highest BCUT2D eigenvalue weighted by Crippen LogP contribution is 2.44. The molecule has 2 aromatic rings. The maximum atomic E-state index is 13.3. The molecule has 2 fully saturated rings. The number of nitrogens with one attached hydrogen (secondary N) is 1. The monoisotopic (exact) mass is 413 g/mol. The van der Waals surface area contributed by atoms with E-state index in [4.69, 9.17) is 4.74 Å². The molecule has 1 spiro atoms. The van der Waals surface area contributed by atoms with Crippen molar-refractivity contribution in [3.8, 4) is 0 Å². The molecule has 0 aromatic carbocycles. The van der Waals surface area contributed by atoms with E-state index in [0.717, 1.165) is 75.8 Å². The summed E-state index contributed by atoms with van der Waals surface area (Å²) in [5.74, 6) is 0.905. The van der Waals surface area contributed by atoms with Crippen LogP contribution in [0.3, 0.4) is 0 Å². The number of carbonyl (C=O) groups excluding carboxylic acids is 1. The number of anilines is 1. The molecule has 154 valence electrons. The molecular weight excluding hydrogens is 386 g/mol. The van der Waals surface area contributed by atoms with Crippen molar-refractivity contribution in [3.05, 3.63) is 39.8 Å². The van der Waals surface area contributed by atoms with Gasteiger partial charge in [-0.2, -0.15) is 0 Å². The molecule has 5 heterocycles. The molecule has 0 unspecified atom stereocenters. The van der Waals surface area contributed by atoms with Crippen molar-refractivity contribution in [2.45, 2.75) is 31.3 Å².